The second-order valence-corrected chi connectivity index (χ2v) is 6.48. The van der Waals surface area contributed by atoms with Gasteiger partial charge in [-0.05, 0) is 36.1 Å². The summed E-state index contributed by atoms with van der Waals surface area (Å²) in [4.78, 5) is 18.1. The second-order valence-electron chi connectivity index (χ2n) is 6.48. The summed E-state index contributed by atoms with van der Waals surface area (Å²) in [6, 6.07) is 17.1. The molecule has 0 saturated heterocycles. The number of hydrogen-bond acceptors (Lipinski definition) is 6. The van der Waals surface area contributed by atoms with Crippen LogP contribution in [0, 0.1) is 0 Å². The van der Waals surface area contributed by atoms with Gasteiger partial charge in [-0.25, -0.2) is 0 Å². The number of aromatic nitrogens is 3. The van der Waals surface area contributed by atoms with Gasteiger partial charge >= 0.3 is 6.01 Å². The third-order valence-corrected chi connectivity index (χ3v) is 5.03. The molecule has 0 radical (unpaired) electrons. The first kappa shape index (κ1) is 15.1. The first-order valence-corrected chi connectivity index (χ1v) is 8.84. The molecule has 130 valence electrons. The van der Waals surface area contributed by atoms with Gasteiger partial charge in [0, 0.05) is 24.5 Å². The summed E-state index contributed by atoms with van der Waals surface area (Å²) in [5.74, 6) is 1.28. The van der Waals surface area contributed by atoms with E-state index in [1.807, 2.05) is 12.1 Å². The molecule has 0 aliphatic carbocycles. The quantitative estimate of drug-likeness (QED) is 0.726. The van der Waals surface area contributed by atoms with Gasteiger partial charge in [-0.2, -0.15) is 15.0 Å². The minimum atomic E-state index is 0.346. The summed E-state index contributed by atoms with van der Waals surface area (Å²) in [6.07, 6.45) is 1.98. The van der Waals surface area contributed by atoms with E-state index < -0.39 is 0 Å². The topological polar surface area (TPSA) is 54.4 Å². The van der Waals surface area contributed by atoms with Crippen molar-refractivity contribution in [3.05, 3.63) is 59.7 Å². The maximum absolute atomic E-state index is 5.38. The van der Waals surface area contributed by atoms with E-state index in [-0.39, 0.29) is 0 Å². The van der Waals surface area contributed by atoms with E-state index in [1.165, 1.54) is 11.1 Å². The van der Waals surface area contributed by atoms with Gasteiger partial charge in [0.05, 0.1) is 7.11 Å². The molecule has 0 amide bonds. The number of nitrogens with zero attached hydrogens (tertiary/aromatic N) is 5. The highest BCUT2D eigenvalue weighted by molar-refractivity contribution is 5.69. The zero-order chi connectivity index (χ0) is 17.5. The van der Waals surface area contributed by atoms with Crippen molar-refractivity contribution < 1.29 is 4.74 Å². The van der Waals surface area contributed by atoms with E-state index in [1.54, 1.807) is 7.11 Å². The Kier molecular flexibility index (Phi) is 3.48. The first-order chi connectivity index (χ1) is 12.8. The Balaban J connectivity index is 1.58. The Morgan fingerprint density at radius 1 is 0.731 bits per heavy atom. The number of fused-ring (bicyclic) bond motifs is 2. The molecule has 6 heteroatoms. The summed E-state index contributed by atoms with van der Waals surface area (Å²) >= 11 is 0. The maximum atomic E-state index is 5.38. The molecule has 0 saturated carbocycles. The molecule has 2 aromatic carbocycles. The van der Waals surface area contributed by atoms with Crippen LogP contribution in [0.1, 0.15) is 11.1 Å². The number of ether oxygens (including phenoxy) is 1. The molecule has 0 atom stereocenters. The lowest BCUT2D eigenvalue weighted by Crippen LogP contribution is -2.22. The fourth-order valence-electron chi connectivity index (χ4n) is 3.76. The lowest BCUT2D eigenvalue weighted by molar-refractivity contribution is 0.378. The number of benzene rings is 2. The van der Waals surface area contributed by atoms with E-state index in [4.69, 9.17) is 9.72 Å². The molecule has 0 bridgehead atoms. The van der Waals surface area contributed by atoms with Gasteiger partial charge in [0.25, 0.3) is 0 Å². The Morgan fingerprint density at radius 2 is 1.23 bits per heavy atom. The zero-order valence-corrected chi connectivity index (χ0v) is 14.6. The molecule has 3 aromatic rings. The van der Waals surface area contributed by atoms with Gasteiger partial charge in [0.1, 0.15) is 0 Å². The van der Waals surface area contributed by atoms with Crippen LogP contribution in [0.4, 0.5) is 23.3 Å². The molecule has 6 nitrogen and oxygen atoms in total. The van der Waals surface area contributed by atoms with Crippen molar-refractivity contribution >= 4 is 23.3 Å². The molecule has 5 rings (SSSR count). The van der Waals surface area contributed by atoms with Crippen LogP contribution in [-0.2, 0) is 12.8 Å². The van der Waals surface area contributed by atoms with Crippen molar-refractivity contribution in [2.75, 3.05) is 30.0 Å². The first-order valence-electron chi connectivity index (χ1n) is 8.84. The summed E-state index contributed by atoms with van der Waals surface area (Å²) in [6.45, 7) is 1.73. The fourth-order valence-corrected chi connectivity index (χ4v) is 3.76. The summed E-state index contributed by atoms with van der Waals surface area (Å²) < 4.78 is 5.38. The molecule has 26 heavy (non-hydrogen) atoms. The third-order valence-electron chi connectivity index (χ3n) is 5.03. The Labute approximate surface area is 152 Å². The lowest BCUT2D eigenvalue weighted by Gasteiger charge is -2.21. The van der Waals surface area contributed by atoms with E-state index in [0.29, 0.717) is 17.9 Å². The average Bonchev–Trinajstić information content (AvgIpc) is 3.32. The molecule has 2 aliphatic heterocycles. The monoisotopic (exact) mass is 345 g/mol. The number of para-hydroxylation sites is 2. The van der Waals surface area contributed by atoms with Gasteiger partial charge in [0.2, 0.25) is 11.9 Å². The predicted octanol–water partition coefficient (Wildman–Crippen LogP) is 3.27. The zero-order valence-electron chi connectivity index (χ0n) is 14.6. The van der Waals surface area contributed by atoms with Crippen molar-refractivity contribution in [3.63, 3.8) is 0 Å². The number of methoxy groups -OCH3 is 1. The van der Waals surface area contributed by atoms with Crippen LogP contribution >= 0.6 is 0 Å². The van der Waals surface area contributed by atoms with Crippen LogP contribution in [0.5, 0.6) is 6.01 Å². The molecule has 0 fully saturated rings. The number of anilines is 4. The molecule has 1 aromatic heterocycles. The summed E-state index contributed by atoms with van der Waals surface area (Å²) in [5, 5.41) is 0. The Morgan fingerprint density at radius 3 is 1.73 bits per heavy atom. The normalized spacial score (nSPS) is 15.1. The molecule has 0 spiro atoms. The highest BCUT2D eigenvalue weighted by Gasteiger charge is 2.27. The molecule has 3 heterocycles. The summed E-state index contributed by atoms with van der Waals surface area (Å²) in [5.41, 5.74) is 4.96. The fraction of sp³-hybridized carbons (Fsp3) is 0.250. The maximum Gasteiger partial charge on any atom is 0.322 e. The van der Waals surface area contributed by atoms with Gasteiger partial charge in [-0.3, -0.25) is 0 Å². The van der Waals surface area contributed by atoms with Crippen molar-refractivity contribution in [3.8, 4) is 6.01 Å². The van der Waals surface area contributed by atoms with Gasteiger partial charge < -0.3 is 14.5 Å². The Bertz CT molecular complexity index is 900. The van der Waals surface area contributed by atoms with Crippen LogP contribution in [-0.4, -0.2) is 35.2 Å². The van der Waals surface area contributed by atoms with Crippen LogP contribution in [0.15, 0.2) is 48.5 Å². The largest absolute Gasteiger partial charge is 0.467 e. The van der Waals surface area contributed by atoms with Gasteiger partial charge in [-0.15, -0.1) is 0 Å². The average molecular weight is 345 g/mol. The number of hydrogen-bond donors (Lipinski definition) is 0. The van der Waals surface area contributed by atoms with Crippen molar-refractivity contribution in [1.29, 1.82) is 0 Å². The van der Waals surface area contributed by atoms with E-state index in [2.05, 4.69) is 56.2 Å². The predicted molar refractivity (Wildman–Crippen MR) is 101 cm³/mol. The standard InChI is InChI=1S/C20H19N5O/c1-26-20-22-18(24-12-10-14-6-2-4-8-16(14)24)21-19(23-20)25-13-11-15-7-3-5-9-17(15)25/h2-9H,10-13H2,1H3. The SMILES string of the molecule is COc1nc(N2CCc3ccccc32)nc(N2CCc3ccccc32)n1. The third kappa shape index (κ3) is 2.37. The van der Waals surface area contributed by atoms with Crippen molar-refractivity contribution in [1.82, 2.24) is 15.0 Å². The van der Waals surface area contributed by atoms with Crippen molar-refractivity contribution in [2.45, 2.75) is 12.8 Å². The number of rotatable bonds is 3. The van der Waals surface area contributed by atoms with Crippen LogP contribution in [0.2, 0.25) is 0 Å². The molecule has 0 unspecified atom stereocenters. The van der Waals surface area contributed by atoms with Crippen LogP contribution in [0.3, 0.4) is 0 Å². The molecule has 0 N–H and O–H groups in total. The molecular weight excluding hydrogens is 326 g/mol. The lowest BCUT2D eigenvalue weighted by atomic mass is 10.2. The molecule has 2 aliphatic rings. The highest BCUT2D eigenvalue weighted by Crippen LogP contribution is 2.36. The smallest absolute Gasteiger partial charge is 0.322 e. The van der Waals surface area contributed by atoms with Crippen LogP contribution in [0.25, 0.3) is 0 Å². The van der Waals surface area contributed by atoms with E-state index >= 15 is 0 Å². The van der Waals surface area contributed by atoms with Crippen molar-refractivity contribution in [2.24, 2.45) is 0 Å². The van der Waals surface area contributed by atoms with Gasteiger partial charge in [-0.1, -0.05) is 36.4 Å². The van der Waals surface area contributed by atoms with Crippen LogP contribution < -0.4 is 14.5 Å². The van der Waals surface area contributed by atoms with E-state index in [9.17, 15) is 0 Å². The highest BCUT2D eigenvalue weighted by atomic mass is 16.5. The van der Waals surface area contributed by atoms with E-state index in [0.717, 1.165) is 37.3 Å². The minimum Gasteiger partial charge on any atom is -0.467 e. The molecular formula is C20H19N5O. The second kappa shape index (κ2) is 5.98. The summed E-state index contributed by atoms with van der Waals surface area (Å²) in [7, 11) is 1.60. The van der Waals surface area contributed by atoms with Gasteiger partial charge in [0.15, 0.2) is 0 Å². The minimum absolute atomic E-state index is 0.346. The Hall–Kier alpha value is -3.15.